The van der Waals surface area contributed by atoms with Crippen molar-refractivity contribution in [1.29, 1.82) is 0 Å². The van der Waals surface area contributed by atoms with Crippen LogP contribution in [0.4, 0.5) is 4.79 Å². The molecule has 18 heavy (non-hydrogen) atoms. The minimum absolute atomic E-state index is 0.00581. The molecule has 0 aromatic heterocycles. The first-order valence-electron chi connectivity index (χ1n) is 5.72. The van der Waals surface area contributed by atoms with E-state index >= 15 is 0 Å². The van der Waals surface area contributed by atoms with Crippen molar-refractivity contribution >= 4 is 12.1 Å². The van der Waals surface area contributed by atoms with E-state index in [1.165, 1.54) is 0 Å². The van der Waals surface area contributed by atoms with Gasteiger partial charge in [0.1, 0.15) is 19.3 Å². The molecule has 1 saturated heterocycles. The maximum absolute atomic E-state index is 11.7. The van der Waals surface area contributed by atoms with Gasteiger partial charge in [-0.2, -0.15) is 0 Å². The molecule has 2 rings (SSSR count). The van der Waals surface area contributed by atoms with Gasteiger partial charge in [-0.3, -0.25) is 0 Å². The number of rotatable bonds is 3. The van der Waals surface area contributed by atoms with Crippen LogP contribution in [0.2, 0.25) is 0 Å². The molecule has 1 fully saturated rings. The van der Waals surface area contributed by atoms with Gasteiger partial charge < -0.3 is 14.2 Å². The van der Waals surface area contributed by atoms with Crippen LogP contribution in [-0.2, 0) is 14.2 Å². The molecule has 1 aromatic carbocycles. The van der Waals surface area contributed by atoms with Gasteiger partial charge in [0.15, 0.2) is 0 Å². The normalized spacial score (nSPS) is 22.8. The lowest BCUT2D eigenvalue weighted by atomic mass is 10.1. The summed E-state index contributed by atoms with van der Waals surface area (Å²) in [4.78, 5) is 22.6. The van der Waals surface area contributed by atoms with Crippen LogP contribution in [0.5, 0.6) is 0 Å². The Balaban J connectivity index is 1.87. The molecule has 2 atom stereocenters. The molecule has 1 aromatic rings. The minimum atomic E-state index is -0.714. The third-order valence-electron chi connectivity index (χ3n) is 2.73. The lowest BCUT2D eigenvalue weighted by Crippen LogP contribution is -2.38. The highest BCUT2D eigenvalue weighted by atomic mass is 16.7. The van der Waals surface area contributed by atoms with Gasteiger partial charge in [0.05, 0.1) is 5.56 Å². The van der Waals surface area contributed by atoms with Gasteiger partial charge in [-0.25, -0.2) is 9.59 Å². The van der Waals surface area contributed by atoms with E-state index in [4.69, 9.17) is 14.2 Å². The number of carbonyl (C=O) groups excluding carboxylic acids is 2. The zero-order chi connectivity index (χ0) is 13.0. The molecular weight excluding hydrogens is 236 g/mol. The maximum atomic E-state index is 11.7. The van der Waals surface area contributed by atoms with Crippen LogP contribution in [0.15, 0.2) is 30.3 Å². The van der Waals surface area contributed by atoms with Crippen LogP contribution in [-0.4, -0.2) is 31.4 Å². The minimum Gasteiger partial charge on any atom is -0.458 e. The van der Waals surface area contributed by atoms with Crippen LogP contribution >= 0.6 is 0 Å². The van der Waals surface area contributed by atoms with Crippen molar-refractivity contribution in [3.8, 4) is 0 Å². The summed E-state index contributed by atoms with van der Waals surface area (Å²) in [6, 6.07) is 8.67. The Hall–Kier alpha value is -2.04. The van der Waals surface area contributed by atoms with Crippen molar-refractivity contribution < 1.29 is 23.8 Å². The number of hydrogen-bond acceptors (Lipinski definition) is 5. The van der Waals surface area contributed by atoms with Gasteiger partial charge in [-0.05, 0) is 12.1 Å². The summed E-state index contributed by atoms with van der Waals surface area (Å²) >= 11 is 0. The van der Waals surface area contributed by atoms with E-state index in [1.54, 1.807) is 24.3 Å². The van der Waals surface area contributed by atoms with Crippen molar-refractivity contribution in [3.63, 3.8) is 0 Å². The highest BCUT2D eigenvalue weighted by molar-refractivity contribution is 5.89. The summed E-state index contributed by atoms with van der Waals surface area (Å²) in [5.41, 5.74) is 0.475. The largest absolute Gasteiger partial charge is 0.508 e. The molecular formula is C13H14O5. The zero-order valence-corrected chi connectivity index (χ0v) is 10.00. The van der Waals surface area contributed by atoms with Gasteiger partial charge in [-0.1, -0.05) is 25.1 Å². The average molecular weight is 250 g/mol. The van der Waals surface area contributed by atoms with Gasteiger partial charge in [0, 0.05) is 5.92 Å². The number of esters is 1. The third kappa shape index (κ3) is 3.00. The summed E-state index contributed by atoms with van der Waals surface area (Å²) in [7, 11) is 0. The average Bonchev–Trinajstić information content (AvgIpc) is 2.40. The Kier molecular flexibility index (Phi) is 3.82. The van der Waals surface area contributed by atoms with Gasteiger partial charge >= 0.3 is 12.1 Å². The summed E-state index contributed by atoms with van der Waals surface area (Å²) in [5, 5.41) is 0. The van der Waals surface area contributed by atoms with Gasteiger partial charge in [0.25, 0.3) is 0 Å². The number of carbonyl (C=O) groups is 2. The van der Waals surface area contributed by atoms with Crippen molar-refractivity contribution in [1.82, 2.24) is 0 Å². The highest BCUT2D eigenvalue weighted by Crippen LogP contribution is 2.16. The Morgan fingerprint density at radius 2 is 2.11 bits per heavy atom. The molecule has 5 nitrogen and oxygen atoms in total. The first kappa shape index (κ1) is 12.4. The molecule has 5 heteroatoms. The Bertz CT molecular complexity index is 428. The van der Waals surface area contributed by atoms with Crippen LogP contribution in [0.1, 0.15) is 17.3 Å². The first-order valence-corrected chi connectivity index (χ1v) is 5.72. The second-order valence-electron chi connectivity index (χ2n) is 4.16. The van der Waals surface area contributed by atoms with E-state index in [-0.39, 0.29) is 19.1 Å². The molecule has 0 amide bonds. The Morgan fingerprint density at radius 1 is 1.39 bits per heavy atom. The van der Waals surface area contributed by atoms with E-state index in [0.717, 1.165) is 0 Å². The summed E-state index contributed by atoms with van der Waals surface area (Å²) in [5.74, 6) is -0.420. The second kappa shape index (κ2) is 5.53. The molecule has 1 aliphatic heterocycles. The molecule has 0 N–H and O–H groups in total. The Labute approximate surface area is 105 Å². The van der Waals surface area contributed by atoms with Crippen LogP contribution < -0.4 is 0 Å². The predicted octanol–water partition coefficient (Wildman–Crippen LogP) is 2.01. The summed E-state index contributed by atoms with van der Waals surface area (Å²) < 4.78 is 14.8. The van der Waals surface area contributed by atoms with Crippen molar-refractivity contribution in [2.75, 3.05) is 13.2 Å². The Morgan fingerprint density at radius 3 is 2.83 bits per heavy atom. The predicted molar refractivity (Wildman–Crippen MR) is 62.1 cm³/mol. The smallest absolute Gasteiger partial charge is 0.458 e. The van der Waals surface area contributed by atoms with Gasteiger partial charge in [-0.15, -0.1) is 0 Å². The molecule has 1 aliphatic rings. The topological polar surface area (TPSA) is 61.8 Å². The standard InChI is InChI=1S/C13H14O5/c1-9-7-17-13(15)18-11(9)8-16-12(14)10-5-3-2-4-6-10/h2-6,9,11H,7-8H2,1H3. The van der Waals surface area contributed by atoms with Crippen molar-refractivity contribution in [2.24, 2.45) is 5.92 Å². The number of cyclic esters (lactones) is 2. The third-order valence-corrected chi connectivity index (χ3v) is 2.73. The summed E-state index contributed by atoms with van der Waals surface area (Å²) in [6.45, 7) is 2.20. The fourth-order valence-electron chi connectivity index (χ4n) is 1.59. The van der Waals surface area contributed by atoms with E-state index in [0.29, 0.717) is 5.56 Å². The monoisotopic (exact) mass is 250 g/mol. The number of ether oxygens (including phenoxy) is 3. The van der Waals surface area contributed by atoms with E-state index in [9.17, 15) is 9.59 Å². The van der Waals surface area contributed by atoms with Crippen molar-refractivity contribution in [3.05, 3.63) is 35.9 Å². The molecule has 0 radical (unpaired) electrons. The van der Waals surface area contributed by atoms with Gasteiger partial charge in [0.2, 0.25) is 0 Å². The van der Waals surface area contributed by atoms with E-state index in [2.05, 4.69) is 0 Å². The molecule has 0 bridgehead atoms. The second-order valence-corrected chi connectivity index (χ2v) is 4.16. The fraction of sp³-hybridized carbons (Fsp3) is 0.385. The lowest BCUT2D eigenvalue weighted by molar-refractivity contribution is -0.0754. The van der Waals surface area contributed by atoms with Crippen molar-refractivity contribution in [2.45, 2.75) is 13.0 Å². The molecule has 1 heterocycles. The first-order chi connectivity index (χ1) is 8.66. The molecule has 0 aliphatic carbocycles. The molecule has 0 saturated carbocycles. The highest BCUT2D eigenvalue weighted by Gasteiger charge is 2.30. The van der Waals surface area contributed by atoms with Crippen LogP contribution in [0.3, 0.4) is 0 Å². The maximum Gasteiger partial charge on any atom is 0.508 e. The fourth-order valence-corrected chi connectivity index (χ4v) is 1.59. The zero-order valence-electron chi connectivity index (χ0n) is 10.00. The molecule has 0 spiro atoms. The van der Waals surface area contributed by atoms with E-state index in [1.807, 2.05) is 13.0 Å². The quantitative estimate of drug-likeness (QED) is 0.768. The lowest BCUT2D eigenvalue weighted by Gasteiger charge is -2.27. The number of benzene rings is 1. The summed E-state index contributed by atoms with van der Waals surface area (Å²) in [6.07, 6.45) is -1.16. The SMILES string of the molecule is CC1COC(=O)OC1COC(=O)c1ccccc1. The van der Waals surface area contributed by atoms with Crippen LogP contribution in [0.25, 0.3) is 0 Å². The van der Waals surface area contributed by atoms with E-state index < -0.39 is 18.2 Å². The molecule has 96 valence electrons. The number of hydrogen-bond donors (Lipinski definition) is 0. The van der Waals surface area contributed by atoms with Crippen LogP contribution in [0, 0.1) is 5.92 Å². The molecule has 2 unspecified atom stereocenters.